The Hall–Kier alpha value is -1.84. The van der Waals surface area contributed by atoms with Gasteiger partial charge in [-0.05, 0) is 6.42 Å². The molecule has 0 aliphatic rings. The first-order valence-corrected chi connectivity index (χ1v) is 8.43. The van der Waals surface area contributed by atoms with Crippen LogP contribution in [0.4, 0.5) is 0 Å². The number of aliphatic hydroxyl groups excluding tert-OH is 5. The molecule has 0 aliphatic heterocycles. The van der Waals surface area contributed by atoms with Gasteiger partial charge in [0.15, 0.2) is 5.78 Å². The first-order chi connectivity index (χ1) is 12.3. The Kier molecular flexibility index (Phi) is 9.39. The highest BCUT2D eigenvalue weighted by Crippen LogP contribution is 2.10. The van der Waals surface area contributed by atoms with E-state index in [0.717, 1.165) is 0 Å². The van der Waals surface area contributed by atoms with Gasteiger partial charge in [-0.2, -0.15) is 0 Å². The third-order valence-corrected chi connectivity index (χ3v) is 4.10. The molecule has 26 heavy (non-hydrogen) atoms. The first-order valence-electron chi connectivity index (χ1n) is 8.43. The lowest BCUT2D eigenvalue weighted by atomic mass is 10.0. The van der Waals surface area contributed by atoms with Crippen LogP contribution in [0.3, 0.4) is 0 Å². The van der Waals surface area contributed by atoms with Gasteiger partial charge in [-0.15, -0.1) is 0 Å². The van der Waals surface area contributed by atoms with E-state index in [2.05, 4.69) is 0 Å². The molecule has 8 nitrogen and oxygen atoms in total. The zero-order chi connectivity index (χ0) is 19.7. The van der Waals surface area contributed by atoms with Gasteiger partial charge in [0.1, 0.15) is 24.4 Å². The molecule has 1 aromatic carbocycles. The second-order valence-corrected chi connectivity index (χ2v) is 6.22. The molecule has 4 atom stereocenters. The fourth-order valence-corrected chi connectivity index (χ4v) is 2.41. The van der Waals surface area contributed by atoms with Gasteiger partial charge in [0, 0.05) is 32.0 Å². The SMILES string of the molecule is CN(CC(O)C(O)C(O)C(O)CO)C(=O)CCCC(=O)c1ccccc1. The smallest absolute Gasteiger partial charge is 0.222 e. The summed E-state index contributed by atoms with van der Waals surface area (Å²) in [6.45, 7) is -1.03. The summed E-state index contributed by atoms with van der Waals surface area (Å²) >= 11 is 0. The Labute approximate surface area is 152 Å². The number of benzene rings is 1. The van der Waals surface area contributed by atoms with Crippen molar-refractivity contribution in [3.8, 4) is 0 Å². The molecule has 1 rings (SSSR count). The van der Waals surface area contributed by atoms with E-state index in [9.17, 15) is 30.0 Å². The number of ketones is 1. The quantitative estimate of drug-likeness (QED) is 0.313. The normalized spacial score (nSPS) is 15.8. The van der Waals surface area contributed by atoms with E-state index >= 15 is 0 Å². The maximum Gasteiger partial charge on any atom is 0.222 e. The van der Waals surface area contributed by atoms with Gasteiger partial charge in [-0.25, -0.2) is 0 Å². The maximum atomic E-state index is 12.0. The Morgan fingerprint density at radius 1 is 0.962 bits per heavy atom. The number of hydrogen-bond donors (Lipinski definition) is 5. The number of aliphatic hydroxyl groups is 5. The van der Waals surface area contributed by atoms with Crippen LogP contribution in [0.15, 0.2) is 30.3 Å². The maximum absolute atomic E-state index is 12.0. The predicted molar refractivity (Wildman–Crippen MR) is 93.4 cm³/mol. The average molecular weight is 369 g/mol. The molecule has 0 aromatic heterocycles. The van der Waals surface area contributed by atoms with Gasteiger partial charge in [-0.1, -0.05) is 30.3 Å². The molecule has 8 heteroatoms. The van der Waals surface area contributed by atoms with Gasteiger partial charge < -0.3 is 30.4 Å². The zero-order valence-corrected chi connectivity index (χ0v) is 14.7. The summed E-state index contributed by atoms with van der Waals surface area (Å²) in [5.41, 5.74) is 0.586. The number of nitrogens with zero attached hydrogens (tertiary/aromatic N) is 1. The van der Waals surface area contributed by atoms with Crippen molar-refractivity contribution in [2.24, 2.45) is 0 Å². The van der Waals surface area contributed by atoms with Crippen molar-refractivity contribution in [3.05, 3.63) is 35.9 Å². The summed E-state index contributed by atoms with van der Waals surface area (Å²) in [4.78, 5) is 25.2. The summed E-state index contributed by atoms with van der Waals surface area (Å²) in [6.07, 6.45) is -5.87. The van der Waals surface area contributed by atoms with E-state index < -0.39 is 31.0 Å². The van der Waals surface area contributed by atoms with Gasteiger partial charge in [0.05, 0.1) is 6.61 Å². The fraction of sp³-hybridized carbons (Fsp3) is 0.556. The third kappa shape index (κ3) is 6.81. The van der Waals surface area contributed by atoms with E-state index in [1.165, 1.54) is 11.9 Å². The Balaban J connectivity index is 2.39. The lowest BCUT2D eigenvalue weighted by Crippen LogP contribution is -2.49. The monoisotopic (exact) mass is 369 g/mol. The van der Waals surface area contributed by atoms with E-state index in [1.807, 2.05) is 6.07 Å². The van der Waals surface area contributed by atoms with Crippen LogP contribution in [0.1, 0.15) is 29.6 Å². The molecule has 0 fully saturated rings. The minimum atomic E-state index is -1.73. The number of hydrogen-bond acceptors (Lipinski definition) is 7. The van der Waals surface area contributed by atoms with E-state index in [-0.39, 0.29) is 31.1 Å². The third-order valence-electron chi connectivity index (χ3n) is 4.10. The topological polar surface area (TPSA) is 139 Å². The fourth-order valence-electron chi connectivity index (χ4n) is 2.41. The Morgan fingerprint density at radius 2 is 1.54 bits per heavy atom. The molecule has 5 N–H and O–H groups in total. The summed E-state index contributed by atoms with van der Waals surface area (Å²) in [7, 11) is 1.42. The molecule has 4 unspecified atom stereocenters. The van der Waals surface area contributed by atoms with Crippen LogP contribution < -0.4 is 0 Å². The van der Waals surface area contributed by atoms with Gasteiger partial charge >= 0.3 is 0 Å². The first kappa shape index (κ1) is 22.2. The standard InChI is InChI=1S/C18H27NO7/c1-19(10-14(22)17(25)18(26)15(23)11-20)16(24)9-5-8-13(21)12-6-3-2-4-7-12/h2-4,6-7,14-15,17-18,20,22-23,25-26H,5,8-11H2,1H3. The summed E-state index contributed by atoms with van der Waals surface area (Å²) < 4.78 is 0. The molecule has 0 saturated heterocycles. The van der Waals surface area contributed by atoms with Crippen LogP contribution in [0, 0.1) is 0 Å². The molecule has 146 valence electrons. The average Bonchev–Trinajstić information content (AvgIpc) is 2.66. The van der Waals surface area contributed by atoms with Crippen molar-refractivity contribution in [1.29, 1.82) is 0 Å². The second kappa shape index (κ2) is 11.0. The molecule has 1 aromatic rings. The van der Waals surface area contributed by atoms with Crippen molar-refractivity contribution in [1.82, 2.24) is 4.90 Å². The van der Waals surface area contributed by atoms with Gasteiger partial charge in [0.25, 0.3) is 0 Å². The van der Waals surface area contributed by atoms with E-state index in [0.29, 0.717) is 12.0 Å². The molecule has 0 spiro atoms. The minimum Gasteiger partial charge on any atom is -0.394 e. The molecular formula is C18H27NO7. The lowest BCUT2D eigenvalue weighted by molar-refractivity contribution is -0.138. The van der Waals surface area contributed by atoms with E-state index in [4.69, 9.17) is 5.11 Å². The number of Topliss-reactive ketones (excluding diaryl/α,β-unsaturated/α-hetero) is 1. The molecule has 0 bridgehead atoms. The van der Waals surface area contributed by atoms with Crippen LogP contribution in [-0.4, -0.2) is 86.7 Å². The van der Waals surface area contributed by atoms with Crippen LogP contribution in [0.2, 0.25) is 0 Å². The molecular weight excluding hydrogens is 342 g/mol. The molecule has 0 radical (unpaired) electrons. The van der Waals surface area contributed by atoms with Crippen molar-refractivity contribution >= 4 is 11.7 Å². The molecule has 0 saturated carbocycles. The van der Waals surface area contributed by atoms with Crippen LogP contribution in [0.5, 0.6) is 0 Å². The lowest BCUT2D eigenvalue weighted by Gasteiger charge is -2.28. The number of carbonyl (C=O) groups excluding carboxylic acids is 2. The highest BCUT2D eigenvalue weighted by molar-refractivity contribution is 5.96. The minimum absolute atomic E-state index is 0.0578. The number of amides is 1. The number of carbonyl (C=O) groups is 2. The largest absolute Gasteiger partial charge is 0.394 e. The number of rotatable bonds is 11. The van der Waals surface area contributed by atoms with Crippen molar-refractivity contribution in [3.63, 3.8) is 0 Å². The predicted octanol–water partition coefficient (Wildman–Crippen LogP) is -1.07. The van der Waals surface area contributed by atoms with Crippen molar-refractivity contribution in [2.75, 3.05) is 20.2 Å². The van der Waals surface area contributed by atoms with Crippen LogP contribution in [-0.2, 0) is 4.79 Å². The summed E-state index contributed by atoms with van der Waals surface area (Å²) in [5.74, 6) is -0.382. The van der Waals surface area contributed by atoms with Crippen LogP contribution >= 0.6 is 0 Å². The Morgan fingerprint density at radius 3 is 2.12 bits per heavy atom. The molecule has 1 amide bonds. The second-order valence-electron chi connectivity index (χ2n) is 6.22. The highest BCUT2D eigenvalue weighted by atomic mass is 16.4. The zero-order valence-electron chi connectivity index (χ0n) is 14.7. The van der Waals surface area contributed by atoms with Gasteiger partial charge in [-0.3, -0.25) is 9.59 Å². The van der Waals surface area contributed by atoms with E-state index in [1.54, 1.807) is 24.3 Å². The summed E-state index contributed by atoms with van der Waals surface area (Å²) in [5, 5.41) is 47.2. The van der Waals surface area contributed by atoms with Crippen LogP contribution in [0.25, 0.3) is 0 Å². The highest BCUT2D eigenvalue weighted by Gasteiger charge is 2.31. The molecule has 0 aliphatic carbocycles. The number of likely N-dealkylation sites (N-methyl/N-ethyl adjacent to an activating group) is 1. The summed E-state index contributed by atoms with van der Waals surface area (Å²) in [6, 6.07) is 8.76. The van der Waals surface area contributed by atoms with Gasteiger partial charge in [0.2, 0.25) is 5.91 Å². The van der Waals surface area contributed by atoms with Crippen molar-refractivity contribution < 1.29 is 35.1 Å². The van der Waals surface area contributed by atoms with Crippen molar-refractivity contribution in [2.45, 2.75) is 43.7 Å². The molecule has 0 heterocycles. The Bertz CT molecular complexity index is 566.